The fourth-order valence-corrected chi connectivity index (χ4v) is 1.50. The molecule has 0 fully saturated rings. The van der Waals surface area contributed by atoms with Gasteiger partial charge in [-0.25, -0.2) is 0 Å². The van der Waals surface area contributed by atoms with Gasteiger partial charge in [-0.3, -0.25) is 0 Å². The monoisotopic (exact) mass is 177 g/mol. The van der Waals surface area contributed by atoms with Crippen LogP contribution in [0.2, 0.25) is 0 Å². The standard InChI is InChI=1S/C9H11N3O/c10-9(12-11)7-5-13-8-4-2-1-3-6(7)8/h1-4,7H,5,11H2,(H2,10,12). The minimum Gasteiger partial charge on any atom is -0.492 e. The van der Waals surface area contributed by atoms with Gasteiger partial charge in [0.2, 0.25) is 0 Å². The summed E-state index contributed by atoms with van der Waals surface area (Å²) in [6, 6.07) is 7.77. The Kier molecular flexibility index (Phi) is 1.81. The van der Waals surface area contributed by atoms with Crippen molar-refractivity contribution in [1.82, 2.24) is 0 Å². The quantitative estimate of drug-likeness (QED) is 0.282. The molecule has 0 aliphatic carbocycles. The molecule has 68 valence electrons. The van der Waals surface area contributed by atoms with E-state index in [4.69, 9.17) is 16.3 Å². The van der Waals surface area contributed by atoms with Crippen LogP contribution in [0, 0.1) is 0 Å². The van der Waals surface area contributed by atoms with Crippen molar-refractivity contribution in [2.24, 2.45) is 16.7 Å². The van der Waals surface area contributed by atoms with Crippen molar-refractivity contribution in [3.8, 4) is 5.75 Å². The molecule has 0 saturated heterocycles. The van der Waals surface area contributed by atoms with Gasteiger partial charge in [0.05, 0.1) is 5.92 Å². The maximum Gasteiger partial charge on any atom is 0.130 e. The first-order chi connectivity index (χ1) is 6.33. The smallest absolute Gasteiger partial charge is 0.130 e. The molecule has 4 heteroatoms. The average Bonchev–Trinajstić information content (AvgIpc) is 2.60. The Morgan fingerprint density at radius 1 is 1.46 bits per heavy atom. The maximum absolute atomic E-state index is 5.64. The predicted molar refractivity (Wildman–Crippen MR) is 50.5 cm³/mol. The van der Waals surface area contributed by atoms with E-state index >= 15 is 0 Å². The van der Waals surface area contributed by atoms with Gasteiger partial charge < -0.3 is 16.3 Å². The molecule has 0 aromatic heterocycles. The number of hydrazone groups is 1. The summed E-state index contributed by atoms with van der Waals surface area (Å²) >= 11 is 0. The lowest BCUT2D eigenvalue weighted by Gasteiger charge is -2.05. The second-order valence-electron chi connectivity index (χ2n) is 2.96. The molecule has 1 atom stereocenters. The Labute approximate surface area is 76.2 Å². The van der Waals surface area contributed by atoms with Crippen molar-refractivity contribution < 1.29 is 4.74 Å². The molecule has 1 aliphatic rings. The summed E-state index contributed by atoms with van der Waals surface area (Å²) < 4.78 is 5.42. The number of rotatable bonds is 1. The molecule has 1 aromatic carbocycles. The van der Waals surface area contributed by atoms with Crippen molar-refractivity contribution in [2.45, 2.75) is 5.92 Å². The second kappa shape index (κ2) is 2.97. The molecule has 1 aromatic rings. The molecule has 2 rings (SSSR count). The molecular formula is C9H11N3O. The highest BCUT2D eigenvalue weighted by atomic mass is 16.5. The largest absolute Gasteiger partial charge is 0.492 e. The number of nitrogens with zero attached hydrogens (tertiary/aromatic N) is 1. The van der Waals surface area contributed by atoms with Crippen LogP contribution >= 0.6 is 0 Å². The van der Waals surface area contributed by atoms with E-state index in [1.807, 2.05) is 24.3 Å². The maximum atomic E-state index is 5.64. The van der Waals surface area contributed by atoms with E-state index in [2.05, 4.69) is 5.10 Å². The summed E-state index contributed by atoms with van der Waals surface area (Å²) in [5.41, 5.74) is 6.70. The van der Waals surface area contributed by atoms with Crippen LogP contribution in [0.3, 0.4) is 0 Å². The number of hydrogen-bond acceptors (Lipinski definition) is 3. The number of para-hydroxylation sites is 1. The minimum atomic E-state index is 0.0150. The minimum absolute atomic E-state index is 0.0150. The van der Waals surface area contributed by atoms with E-state index in [1.54, 1.807) is 0 Å². The summed E-state index contributed by atoms with van der Waals surface area (Å²) in [4.78, 5) is 0. The lowest BCUT2D eigenvalue weighted by Crippen LogP contribution is -2.24. The summed E-state index contributed by atoms with van der Waals surface area (Å²) in [6.07, 6.45) is 0. The summed E-state index contributed by atoms with van der Waals surface area (Å²) in [5, 5.41) is 3.48. The number of hydrogen-bond donors (Lipinski definition) is 2. The first-order valence-corrected chi connectivity index (χ1v) is 4.08. The Morgan fingerprint density at radius 2 is 2.23 bits per heavy atom. The number of benzene rings is 1. The van der Waals surface area contributed by atoms with Crippen LogP contribution in [-0.2, 0) is 0 Å². The van der Waals surface area contributed by atoms with Gasteiger partial charge >= 0.3 is 0 Å². The Bertz CT molecular complexity index is 348. The molecule has 4 nitrogen and oxygen atoms in total. The van der Waals surface area contributed by atoms with E-state index in [-0.39, 0.29) is 5.92 Å². The zero-order valence-electron chi connectivity index (χ0n) is 7.10. The van der Waals surface area contributed by atoms with Crippen LogP contribution in [-0.4, -0.2) is 12.4 Å². The second-order valence-corrected chi connectivity index (χ2v) is 2.96. The lowest BCUT2D eigenvalue weighted by molar-refractivity contribution is 0.349. The lowest BCUT2D eigenvalue weighted by atomic mass is 10.0. The van der Waals surface area contributed by atoms with Gasteiger partial charge in [0.1, 0.15) is 18.2 Å². The summed E-state index contributed by atoms with van der Waals surface area (Å²) in [5.74, 6) is 6.43. The molecule has 0 radical (unpaired) electrons. The Hall–Kier alpha value is -1.71. The van der Waals surface area contributed by atoms with Gasteiger partial charge in [0.15, 0.2) is 0 Å². The van der Waals surface area contributed by atoms with Gasteiger partial charge in [-0.05, 0) is 6.07 Å². The molecule has 0 bridgehead atoms. The highest BCUT2D eigenvalue weighted by Crippen LogP contribution is 2.33. The Balaban J connectivity index is 2.39. The third-order valence-corrected chi connectivity index (χ3v) is 2.21. The number of ether oxygens (including phenoxy) is 1. The third-order valence-electron chi connectivity index (χ3n) is 2.21. The van der Waals surface area contributed by atoms with Crippen LogP contribution in [0.25, 0.3) is 0 Å². The van der Waals surface area contributed by atoms with Crippen molar-refractivity contribution in [3.63, 3.8) is 0 Å². The van der Waals surface area contributed by atoms with E-state index in [9.17, 15) is 0 Å². The molecular weight excluding hydrogens is 166 g/mol. The van der Waals surface area contributed by atoms with Gasteiger partial charge in [-0.15, -0.1) is 0 Å². The molecule has 1 heterocycles. The zero-order valence-corrected chi connectivity index (χ0v) is 7.10. The normalized spacial score (nSPS) is 20.9. The van der Waals surface area contributed by atoms with Crippen molar-refractivity contribution in [2.75, 3.05) is 6.61 Å². The van der Waals surface area contributed by atoms with E-state index in [0.717, 1.165) is 11.3 Å². The van der Waals surface area contributed by atoms with Crippen LogP contribution in [0.1, 0.15) is 11.5 Å². The molecule has 1 unspecified atom stereocenters. The number of nitrogens with two attached hydrogens (primary N) is 2. The van der Waals surface area contributed by atoms with Crippen molar-refractivity contribution in [1.29, 1.82) is 0 Å². The van der Waals surface area contributed by atoms with Crippen LogP contribution in [0.4, 0.5) is 0 Å². The zero-order chi connectivity index (χ0) is 9.26. The number of fused-ring (bicyclic) bond motifs is 1. The van der Waals surface area contributed by atoms with Gasteiger partial charge in [-0.2, -0.15) is 5.10 Å². The third kappa shape index (κ3) is 1.20. The van der Waals surface area contributed by atoms with Gasteiger partial charge in [-0.1, -0.05) is 18.2 Å². The van der Waals surface area contributed by atoms with Gasteiger partial charge in [0, 0.05) is 5.56 Å². The summed E-state index contributed by atoms with van der Waals surface area (Å²) in [6.45, 7) is 0.534. The highest BCUT2D eigenvalue weighted by molar-refractivity contribution is 5.88. The Morgan fingerprint density at radius 3 is 3.00 bits per heavy atom. The predicted octanol–water partition coefficient (Wildman–Crippen LogP) is 0.393. The topological polar surface area (TPSA) is 73.6 Å². The van der Waals surface area contributed by atoms with E-state index in [1.165, 1.54) is 0 Å². The first-order valence-electron chi connectivity index (χ1n) is 4.08. The fraction of sp³-hybridized carbons (Fsp3) is 0.222. The van der Waals surface area contributed by atoms with Crippen molar-refractivity contribution >= 4 is 5.84 Å². The number of amidine groups is 1. The highest BCUT2D eigenvalue weighted by Gasteiger charge is 2.26. The van der Waals surface area contributed by atoms with Crippen molar-refractivity contribution in [3.05, 3.63) is 29.8 Å². The van der Waals surface area contributed by atoms with Crippen LogP contribution in [0.15, 0.2) is 29.4 Å². The fourth-order valence-electron chi connectivity index (χ4n) is 1.50. The molecule has 4 N–H and O–H groups in total. The molecule has 0 saturated carbocycles. The first kappa shape index (κ1) is 7.91. The SMILES string of the molecule is NN=C(N)C1COc2ccccc21. The van der Waals surface area contributed by atoms with Gasteiger partial charge in [0.25, 0.3) is 0 Å². The molecule has 0 spiro atoms. The molecule has 0 amide bonds. The molecule has 1 aliphatic heterocycles. The average molecular weight is 177 g/mol. The van der Waals surface area contributed by atoms with E-state index < -0.39 is 0 Å². The van der Waals surface area contributed by atoms with E-state index in [0.29, 0.717) is 12.4 Å². The van der Waals surface area contributed by atoms with Crippen LogP contribution < -0.4 is 16.3 Å². The summed E-state index contributed by atoms with van der Waals surface area (Å²) in [7, 11) is 0. The molecule has 13 heavy (non-hydrogen) atoms. The van der Waals surface area contributed by atoms with Crippen LogP contribution in [0.5, 0.6) is 5.75 Å².